The summed E-state index contributed by atoms with van der Waals surface area (Å²) < 4.78 is 0. The van der Waals surface area contributed by atoms with Crippen molar-refractivity contribution in [2.75, 3.05) is 4.90 Å². The third-order valence-electron chi connectivity index (χ3n) is 3.28. The van der Waals surface area contributed by atoms with Crippen molar-refractivity contribution in [2.45, 2.75) is 11.7 Å². The average molecular weight is 325 g/mol. The second-order valence-corrected chi connectivity index (χ2v) is 6.09. The molecule has 2 aromatic rings. The van der Waals surface area contributed by atoms with Gasteiger partial charge in [-0.1, -0.05) is 48.2 Å². The summed E-state index contributed by atoms with van der Waals surface area (Å²) in [6, 6.07) is 18.3. The van der Waals surface area contributed by atoms with Crippen LogP contribution in [0.3, 0.4) is 0 Å². The minimum Gasteiger partial charge on any atom is -0.550 e. The molecule has 1 saturated heterocycles. The van der Waals surface area contributed by atoms with Gasteiger partial charge in [0.2, 0.25) is 5.91 Å². The maximum absolute atomic E-state index is 12.6. The number of carbonyl (C=O) groups excluding carboxylic acids is 2. The molecule has 0 aromatic heterocycles. The Hall–Kier alpha value is -2.60. The number of thioether (sulfide) groups is 1. The molecule has 0 radical (unpaired) electrons. The number of amides is 1. The molecule has 1 amide bonds. The van der Waals surface area contributed by atoms with Crippen LogP contribution in [-0.2, 0) is 9.59 Å². The molecule has 23 heavy (non-hydrogen) atoms. The molecule has 116 valence electrons. The summed E-state index contributed by atoms with van der Waals surface area (Å²) in [7, 11) is 0. The van der Waals surface area contributed by atoms with E-state index < -0.39 is 11.2 Å². The lowest BCUT2D eigenvalue weighted by Gasteiger charge is -2.16. The maximum atomic E-state index is 12.6. The molecule has 1 aliphatic heterocycles. The van der Waals surface area contributed by atoms with E-state index in [-0.39, 0.29) is 12.3 Å². The van der Waals surface area contributed by atoms with Gasteiger partial charge in [-0.25, -0.2) is 4.99 Å². The first-order chi connectivity index (χ1) is 11.1. The molecule has 0 unspecified atom stereocenters. The van der Waals surface area contributed by atoms with Gasteiger partial charge in [0.1, 0.15) is 0 Å². The minimum atomic E-state index is -1.25. The van der Waals surface area contributed by atoms with Crippen molar-refractivity contribution in [3.8, 4) is 0 Å². The van der Waals surface area contributed by atoms with E-state index in [2.05, 4.69) is 4.99 Å². The molecule has 3 rings (SSSR count). The number of carboxylic acid groups (broad SMARTS) is 1. The van der Waals surface area contributed by atoms with Gasteiger partial charge in [0.05, 0.1) is 16.6 Å². The molecule has 1 heterocycles. The Labute approximate surface area is 137 Å². The molecule has 2 aromatic carbocycles. The van der Waals surface area contributed by atoms with E-state index in [0.29, 0.717) is 16.5 Å². The summed E-state index contributed by atoms with van der Waals surface area (Å²) in [5, 5.41) is 10.6. The molecule has 0 bridgehead atoms. The van der Waals surface area contributed by atoms with Gasteiger partial charge in [-0.2, -0.15) is 0 Å². The van der Waals surface area contributed by atoms with Crippen LogP contribution in [0, 0.1) is 0 Å². The monoisotopic (exact) mass is 325 g/mol. The Bertz CT molecular complexity index is 747. The molecular weight excluding hydrogens is 312 g/mol. The zero-order chi connectivity index (χ0) is 16.2. The van der Waals surface area contributed by atoms with Crippen molar-refractivity contribution in [3.05, 3.63) is 60.7 Å². The first-order valence-electron chi connectivity index (χ1n) is 7.04. The van der Waals surface area contributed by atoms with E-state index in [1.807, 2.05) is 48.5 Å². The third-order valence-corrected chi connectivity index (χ3v) is 4.42. The Balaban J connectivity index is 1.99. The third kappa shape index (κ3) is 3.43. The van der Waals surface area contributed by atoms with Crippen LogP contribution < -0.4 is 10.0 Å². The summed E-state index contributed by atoms with van der Waals surface area (Å²) in [6.07, 6.45) is -0.333. The topological polar surface area (TPSA) is 72.8 Å². The number of hydrogen-bond acceptors (Lipinski definition) is 5. The molecule has 1 fully saturated rings. The zero-order valence-corrected chi connectivity index (χ0v) is 12.9. The molecule has 1 aliphatic rings. The normalized spacial score (nSPS) is 19.3. The van der Waals surface area contributed by atoms with E-state index in [1.165, 1.54) is 4.90 Å². The molecule has 0 saturated carbocycles. The van der Waals surface area contributed by atoms with Gasteiger partial charge in [0, 0.05) is 12.4 Å². The smallest absolute Gasteiger partial charge is 0.247 e. The number of aliphatic imine (C=N–C) groups is 1. The number of para-hydroxylation sites is 2. The Morgan fingerprint density at radius 2 is 1.70 bits per heavy atom. The van der Waals surface area contributed by atoms with Crippen molar-refractivity contribution >= 4 is 40.2 Å². The quantitative estimate of drug-likeness (QED) is 0.861. The molecule has 0 spiro atoms. The largest absolute Gasteiger partial charge is 0.550 e. The van der Waals surface area contributed by atoms with Crippen LogP contribution in [0.25, 0.3) is 0 Å². The fourth-order valence-corrected chi connectivity index (χ4v) is 3.39. The summed E-state index contributed by atoms with van der Waals surface area (Å²) >= 11 is 1.15. The highest BCUT2D eigenvalue weighted by Gasteiger charge is 2.38. The van der Waals surface area contributed by atoms with E-state index in [1.54, 1.807) is 12.1 Å². The second kappa shape index (κ2) is 6.66. The first-order valence-corrected chi connectivity index (χ1v) is 7.92. The van der Waals surface area contributed by atoms with Crippen molar-refractivity contribution in [1.29, 1.82) is 0 Å². The number of hydrogen-bond donors (Lipinski definition) is 0. The lowest BCUT2D eigenvalue weighted by Crippen LogP contribution is -2.35. The first kappa shape index (κ1) is 15.3. The lowest BCUT2D eigenvalue weighted by atomic mass is 10.2. The van der Waals surface area contributed by atoms with Crippen LogP contribution in [0.4, 0.5) is 11.4 Å². The Morgan fingerprint density at radius 3 is 2.30 bits per heavy atom. The number of carbonyl (C=O) groups is 2. The number of rotatable bonds is 4. The number of amidine groups is 1. The highest BCUT2D eigenvalue weighted by molar-refractivity contribution is 8.16. The van der Waals surface area contributed by atoms with Gasteiger partial charge < -0.3 is 9.90 Å². The van der Waals surface area contributed by atoms with Crippen molar-refractivity contribution in [3.63, 3.8) is 0 Å². The van der Waals surface area contributed by atoms with Crippen LogP contribution >= 0.6 is 11.8 Å². The van der Waals surface area contributed by atoms with Crippen LogP contribution in [0.15, 0.2) is 65.7 Å². The van der Waals surface area contributed by atoms with Crippen molar-refractivity contribution in [1.82, 2.24) is 0 Å². The predicted molar refractivity (Wildman–Crippen MR) is 88.5 cm³/mol. The number of carboxylic acids is 1. The van der Waals surface area contributed by atoms with Gasteiger partial charge in [0.25, 0.3) is 0 Å². The highest BCUT2D eigenvalue weighted by Crippen LogP contribution is 2.34. The zero-order valence-electron chi connectivity index (χ0n) is 12.1. The van der Waals surface area contributed by atoms with E-state index in [9.17, 15) is 14.7 Å². The van der Waals surface area contributed by atoms with Crippen LogP contribution in [-0.4, -0.2) is 22.3 Å². The van der Waals surface area contributed by atoms with Crippen LogP contribution in [0.1, 0.15) is 6.42 Å². The summed E-state index contributed by atoms with van der Waals surface area (Å²) in [4.78, 5) is 29.4. The van der Waals surface area contributed by atoms with Gasteiger partial charge in [-0.05, 0) is 24.3 Å². The molecule has 0 N–H and O–H groups in total. The number of benzene rings is 2. The van der Waals surface area contributed by atoms with Gasteiger partial charge in [-0.3, -0.25) is 9.69 Å². The van der Waals surface area contributed by atoms with Crippen LogP contribution in [0.5, 0.6) is 0 Å². The number of anilines is 1. The Kier molecular flexibility index (Phi) is 4.43. The fourth-order valence-electron chi connectivity index (χ4n) is 2.25. The maximum Gasteiger partial charge on any atom is 0.247 e. The number of nitrogens with zero attached hydrogens (tertiary/aromatic N) is 2. The van der Waals surface area contributed by atoms with E-state index in [0.717, 1.165) is 11.8 Å². The molecular formula is C17H13N2O3S-. The number of aliphatic carboxylic acids is 1. The van der Waals surface area contributed by atoms with E-state index in [4.69, 9.17) is 0 Å². The second-order valence-electron chi connectivity index (χ2n) is 4.92. The summed E-state index contributed by atoms with van der Waals surface area (Å²) in [5.41, 5.74) is 1.37. The van der Waals surface area contributed by atoms with E-state index >= 15 is 0 Å². The molecule has 1 atom stereocenters. The SMILES string of the molecule is O=C([O-])C[C@@H]1SC(=Nc2ccccc2)N(c2ccccc2)C1=O. The van der Waals surface area contributed by atoms with Gasteiger partial charge in [0.15, 0.2) is 5.17 Å². The van der Waals surface area contributed by atoms with Crippen molar-refractivity contribution < 1.29 is 14.7 Å². The fraction of sp³-hybridized carbons (Fsp3) is 0.118. The van der Waals surface area contributed by atoms with Gasteiger partial charge in [-0.15, -0.1) is 0 Å². The Morgan fingerprint density at radius 1 is 1.09 bits per heavy atom. The van der Waals surface area contributed by atoms with Gasteiger partial charge >= 0.3 is 0 Å². The standard InChI is InChI=1S/C17H14N2O3S/c20-15(21)11-14-16(22)19(13-9-5-2-6-10-13)17(23-14)18-12-7-3-1-4-8-12/h1-10,14H,11H2,(H,20,21)/p-1/t14-/m0/s1. The summed E-state index contributed by atoms with van der Waals surface area (Å²) in [5.74, 6) is -1.54. The summed E-state index contributed by atoms with van der Waals surface area (Å²) in [6.45, 7) is 0. The predicted octanol–water partition coefficient (Wildman–Crippen LogP) is 1.96. The lowest BCUT2D eigenvalue weighted by molar-refractivity contribution is -0.305. The van der Waals surface area contributed by atoms with Crippen molar-refractivity contribution in [2.24, 2.45) is 4.99 Å². The molecule has 6 heteroatoms. The average Bonchev–Trinajstić information content (AvgIpc) is 2.84. The molecule has 5 nitrogen and oxygen atoms in total. The highest BCUT2D eigenvalue weighted by atomic mass is 32.2. The molecule has 0 aliphatic carbocycles. The van der Waals surface area contributed by atoms with Crippen LogP contribution in [0.2, 0.25) is 0 Å². The minimum absolute atomic E-state index is 0.292.